The Morgan fingerprint density at radius 3 is 2.77 bits per heavy atom. The predicted molar refractivity (Wildman–Crippen MR) is 110 cm³/mol. The van der Waals surface area contributed by atoms with E-state index >= 15 is 0 Å². The van der Waals surface area contributed by atoms with Crippen LogP contribution in [0.5, 0.6) is 0 Å². The fourth-order valence-electron chi connectivity index (χ4n) is 2.59. The Morgan fingerprint density at radius 2 is 2.14 bits per heavy atom. The summed E-state index contributed by atoms with van der Waals surface area (Å²) >= 11 is 8.15. The van der Waals surface area contributed by atoms with Crippen LogP contribution in [-0.2, 0) is 6.54 Å². The highest BCUT2D eigenvalue weighted by molar-refractivity contribution is 14.0. The Morgan fingerprint density at radius 1 is 1.36 bits per heavy atom. The SMILES string of the molecule is CCNC(=NCc1ccccc1Cl)NC1CCC(SC)C1.I. The largest absolute Gasteiger partial charge is 0.357 e. The smallest absolute Gasteiger partial charge is 0.191 e. The van der Waals surface area contributed by atoms with Crippen LogP contribution >= 0.6 is 47.3 Å². The third kappa shape index (κ3) is 6.16. The molecule has 2 atom stereocenters. The van der Waals surface area contributed by atoms with E-state index in [2.05, 4.69) is 28.8 Å². The highest BCUT2D eigenvalue weighted by atomic mass is 127. The van der Waals surface area contributed by atoms with Gasteiger partial charge in [0.15, 0.2) is 5.96 Å². The molecule has 124 valence electrons. The highest BCUT2D eigenvalue weighted by Crippen LogP contribution is 2.28. The number of rotatable bonds is 5. The van der Waals surface area contributed by atoms with Gasteiger partial charge >= 0.3 is 0 Å². The number of halogens is 2. The quantitative estimate of drug-likeness (QED) is 0.396. The van der Waals surface area contributed by atoms with Gasteiger partial charge in [0.25, 0.3) is 0 Å². The second-order valence-corrected chi connectivity index (χ2v) is 6.84. The van der Waals surface area contributed by atoms with E-state index in [-0.39, 0.29) is 24.0 Å². The van der Waals surface area contributed by atoms with Gasteiger partial charge in [-0.05, 0) is 44.1 Å². The topological polar surface area (TPSA) is 36.4 Å². The summed E-state index contributed by atoms with van der Waals surface area (Å²) < 4.78 is 0. The molecule has 0 spiro atoms. The number of hydrogen-bond donors (Lipinski definition) is 2. The molecule has 1 saturated carbocycles. The Kier molecular flexibility index (Phi) is 9.59. The minimum absolute atomic E-state index is 0. The lowest BCUT2D eigenvalue weighted by molar-refractivity contribution is 0.615. The summed E-state index contributed by atoms with van der Waals surface area (Å²) in [5.41, 5.74) is 1.06. The van der Waals surface area contributed by atoms with Crippen molar-refractivity contribution in [3.63, 3.8) is 0 Å². The van der Waals surface area contributed by atoms with Crippen LogP contribution in [0.1, 0.15) is 31.7 Å². The number of hydrogen-bond acceptors (Lipinski definition) is 2. The van der Waals surface area contributed by atoms with Crippen LogP contribution in [-0.4, -0.2) is 30.1 Å². The van der Waals surface area contributed by atoms with Gasteiger partial charge in [-0.1, -0.05) is 29.8 Å². The molecular weight excluding hydrogens is 429 g/mol. The molecule has 1 aromatic rings. The van der Waals surface area contributed by atoms with Crippen molar-refractivity contribution in [2.75, 3.05) is 12.8 Å². The summed E-state index contributed by atoms with van der Waals surface area (Å²) in [4.78, 5) is 4.66. The van der Waals surface area contributed by atoms with Crippen LogP contribution in [0.25, 0.3) is 0 Å². The van der Waals surface area contributed by atoms with Gasteiger partial charge in [-0.25, -0.2) is 4.99 Å². The van der Waals surface area contributed by atoms with Gasteiger partial charge < -0.3 is 10.6 Å². The van der Waals surface area contributed by atoms with E-state index in [0.717, 1.165) is 28.3 Å². The molecule has 0 bridgehead atoms. The molecule has 0 aliphatic heterocycles. The third-order valence-corrected chi connectivity index (χ3v) is 5.23. The first-order chi connectivity index (χ1) is 10.2. The van der Waals surface area contributed by atoms with Crippen molar-refractivity contribution in [2.24, 2.45) is 4.99 Å². The van der Waals surface area contributed by atoms with Crippen molar-refractivity contribution in [3.05, 3.63) is 34.9 Å². The Hall–Kier alpha value is -0.140. The Labute approximate surface area is 160 Å². The molecule has 1 fully saturated rings. The maximum absolute atomic E-state index is 6.18. The standard InChI is InChI=1S/C16H24ClN3S.HI/c1-3-18-16(20-13-8-9-14(10-13)21-2)19-11-12-6-4-5-7-15(12)17;/h4-7,13-14H,3,8-11H2,1-2H3,(H2,18,19,20);1H. The molecule has 2 N–H and O–H groups in total. The lowest BCUT2D eigenvalue weighted by Gasteiger charge is -2.17. The minimum Gasteiger partial charge on any atom is -0.357 e. The number of nitrogens with one attached hydrogen (secondary N) is 2. The van der Waals surface area contributed by atoms with Crippen molar-refractivity contribution >= 4 is 53.3 Å². The van der Waals surface area contributed by atoms with Gasteiger partial charge in [0.05, 0.1) is 6.54 Å². The average molecular weight is 454 g/mol. The Balaban J connectivity index is 0.00000242. The van der Waals surface area contributed by atoms with Crippen molar-refractivity contribution in [2.45, 2.75) is 44.0 Å². The van der Waals surface area contributed by atoms with E-state index in [9.17, 15) is 0 Å². The van der Waals surface area contributed by atoms with Crippen LogP contribution < -0.4 is 10.6 Å². The molecular formula is C16H25ClIN3S. The van der Waals surface area contributed by atoms with Gasteiger partial charge in [-0.2, -0.15) is 11.8 Å². The van der Waals surface area contributed by atoms with Crippen LogP contribution in [0.3, 0.4) is 0 Å². The molecule has 0 amide bonds. The van der Waals surface area contributed by atoms with Crippen LogP contribution in [0.15, 0.2) is 29.3 Å². The number of aliphatic imine (C=N–C) groups is 1. The number of benzene rings is 1. The maximum Gasteiger partial charge on any atom is 0.191 e. The molecule has 1 aliphatic rings. The van der Waals surface area contributed by atoms with E-state index in [1.807, 2.05) is 36.0 Å². The van der Waals surface area contributed by atoms with Gasteiger partial charge in [0, 0.05) is 22.9 Å². The lowest BCUT2D eigenvalue weighted by Crippen LogP contribution is -2.42. The van der Waals surface area contributed by atoms with Crippen molar-refractivity contribution in [1.29, 1.82) is 0 Å². The zero-order valence-corrected chi connectivity index (χ0v) is 17.0. The second kappa shape index (κ2) is 10.6. The molecule has 0 heterocycles. The van der Waals surface area contributed by atoms with E-state index < -0.39 is 0 Å². The minimum atomic E-state index is 0. The van der Waals surface area contributed by atoms with Gasteiger partial charge in [0.2, 0.25) is 0 Å². The van der Waals surface area contributed by atoms with Crippen LogP contribution in [0, 0.1) is 0 Å². The van der Waals surface area contributed by atoms with E-state index in [1.165, 1.54) is 19.3 Å². The van der Waals surface area contributed by atoms with Crippen molar-refractivity contribution in [1.82, 2.24) is 10.6 Å². The molecule has 3 nitrogen and oxygen atoms in total. The summed E-state index contributed by atoms with van der Waals surface area (Å²) in [5.74, 6) is 0.893. The molecule has 2 rings (SSSR count). The van der Waals surface area contributed by atoms with Gasteiger partial charge in [-0.15, -0.1) is 24.0 Å². The summed E-state index contributed by atoms with van der Waals surface area (Å²) in [6.45, 7) is 3.56. The van der Waals surface area contributed by atoms with Gasteiger partial charge in [-0.3, -0.25) is 0 Å². The summed E-state index contributed by atoms with van der Waals surface area (Å²) in [6.07, 6.45) is 5.94. The lowest BCUT2D eigenvalue weighted by atomic mass is 10.2. The van der Waals surface area contributed by atoms with E-state index in [4.69, 9.17) is 11.6 Å². The van der Waals surface area contributed by atoms with E-state index in [1.54, 1.807) is 0 Å². The molecule has 0 radical (unpaired) electrons. The first kappa shape index (κ1) is 19.9. The van der Waals surface area contributed by atoms with Crippen molar-refractivity contribution < 1.29 is 0 Å². The number of thioether (sulfide) groups is 1. The monoisotopic (exact) mass is 453 g/mol. The third-order valence-electron chi connectivity index (χ3n) is 3.77. The second-order valence-electron chi connectivity index (χ2n) is 5.30. The number of nitrogens with zero attached hydrogens (tertiary/aromatic N) is 1. The predicted octanol–water partition coefficient (Wildman–Crippen LogP) is 4.30. The summed E-state index contributed by atoms with van der Waals surface area (Å²) in [7, 11) is 0. The van der Waals surface area contributed by atoms with Crippen molar-refractivity contribution in [3.8, 4) is 0 Å². The van der Waals surface area contributed by atoms with Gasteiger partial charge in [0.1, 0.15) is 0 Å². The normalized spacial score (nSPS) is 21.3. The molecule has 0 aromatic heterocycles. The number of guanidine groups is 1. The first-order valence-electron chi connectivity index (χ1n) is 7.54. The van der Waals surface area contributed by atoms with Crippen LogP contribution in [0.2, 0.25) is 5.02 Å². The molecule has 0 saturated heterocycles. The fraction of sp³-hybridized carbons (Fsp3) is 0.562. The fourth-order valence-corrected chi connectivity index (χ4v) is 3.58. The zero-order chi connectivity index (χ0) is 15.1. The zero-order valence-electron chi connectivity index (χ0n) is 13.1. The average Bonchev–Trinajstić information content (AvgIpc) is 2.94. The van der Waals surface area contributed by atoms with E-state index in [0.29, 0.717) is 12.6 Å². The molecule has 1 aromatic carbocycles. The highest BCUT2D eigenvalue weighted by Gasteiger charge is 2.24. The first-order valence-corrected chi connectivity index (χ1v) is 9.20. The summed E-state index contributed by atoms with van der Waals surface area (Å²) in [5, 5.41) is 8.44. The Bertz CT molecular complexity index is 484. The molecule has 22 heavy (non-hydrogen) atoms. The molecule has 1 aliphatic carbocycles. The maximum atomic E-state index is 6.18. The molecule has 6 heteroatoms. The molecule has 2 unspecified atom stereocenters. The van der Waals surface area contributed by atoms with Crippen LogP contribution in [0.4, 0.5) is 0 Å². The summed E-state index contributed by atoms with van der Waals surface area (Å²) in [6, 6.07) is 8.41.